The third kappa shape index (κ3) is 4.07. The molecule has 0 aromatic heterocycles. The van der Waals surface area contributed by atoms with Gasteiger partial charge in [-0.05, 0) is 94.2 Å². The molecule has 1 saturated heterocycles. The van der Waals surface area contributed by atoms with Crippen molar-refractivity contribution >= 4 is 52.2 Å². The minimum Gasteiger partial charge on any atom is -0.360 e. The minimum atomic E-state index is -0.477. The average Bonchev–Trinajstić information content (AvgIpc) is 2.76. The number of anilines is 2. The first-order valence-electron chi connectivity index (χ1n) is 11.7. The van der Waals surface area contributed by atoms with Crippen molar-refractivity contribution in [2.24, 2.45) is 0 Å². The number of carbonyl (C=O) groups excluding carboxylic acids is 2. The molecule has 2 aromatic carbocycles. The first-order chi connectivity index (χ1) is 16.0. The second-order valence-electron chi connectivity index (χ2n) is 9.66. The summed E-state index contributed by atoms with van der Waals surface area (Å²) in [5.41, 5.74) is 5.88. The molecule has 2 aromatic rings. The summed E-state index contributed by atoms with van der Waals surface area (Å²) >= 11 is 5.38. The zero-order valence-electron chi connectivity index (χ0n) is 20.6. The number of nitrogens with zero attached hydrogens (tertiary/aromatic N) is 2. The van der Waals surface area contributed by atoms with Gasteiger partial charge in [0, 0.05) is 17.3 Å². The quantitative estimate of drug-likeness (QED) is 0.362. The van der Waals surface area contributed by atoms with E-state index in [0.717, 1.165) is 28.8 Å². The van der Waals surface area contributed by atoms with Crippen molar-refractivity contribution in [3.05, 3.63) is 70.8 Å². The lowest BCUT2D eigenvalue weighted by Gasteiger charge is -2.46. The molecule has 4 rings (SSSR count). The highest BCUT2D eigenvalue weighted by molar-refractivity contribution is 7.80. The van der Waals surface area contributed by atoms with Crippen LogP contribution in [-0.2, 0) is 16.0 Å². The van der Waals surface area contributed by atoms with E-state index in [1.807, 2.05) is 37.3 Å². The number of carbonyl (C=O) groups is 2. The predicted octanol–water partition coefficient (Wildman–Crippen LogP) is 5.49. The Hall–Kier alpha value is -3.25. The van der Waals surface area contributed by atoms with Crippen molar-refractivity contribution in [3.8, 4) is 0 Å². The van der Waals surface area contributed by atoms with Crippen molar-refractivity contribution in [2.45, 2.75) is 59.5 Å². The third-order valence-corrected chi connectivity index (χ3v) is 6.72. The molecule has 0 spiro atoms. The van der Waals surface area contributed by atoms with Gasteiger partial charge in [-0.2, -0.15) is 0 Å². The van der Waals surface area contributed by atoms with E-state index >= 15 is 0 Å². The van der Waals surface area contributed by atoms with E-state index in [1.54, 1.807) is 6.08 Å². The number of hydrogen-bond acceptors (Lipinski definition) is 4. The van der Waals surface area contributed by atoms with Gasteiger partial charge in [-0.1, -0.05) is 37.3 Å². The zero-order valence-corrected chi connectivity index (χ0v) is 21.4. The fourth-order valence-electron chi connectivity index (χ4n) is 5.17. The van der Waals surface area contributed by atoms with E-state index in [1.165, 1.54) is 10.5 Å². The highest BCUT2D eigenvalue weighted by Crippen LogP contribution is 2.41. The number of thiocarbonyl (C=S) groups is 1. The van der Waals surface area contributed by atoms with Crippen LogP contribution in [0.3, 0.4) is 0 Å². The molecule has 2 aliphatic rings. The monoisotopic (exact) mass is 473 g/mol. The van der Waals surface area contributed by atoms with Crippen LogP contribution in [0.25, 0.3) is 11.6 Å². The van der Waals surface area contributed by atoms with Gasteiger partial charge in [0.2, 0.25) is 0 Å². The molecule has 1 fully saturated rings. The normalized spacial score (nSPS) is 18.9. The number of fused-ring (bicyclic) bond motifs is 1. The molecule has 6 heteroatoms. The molecule has 2 aliphatic heterocycles. The van der Waals surface area contributed by atoms with Crippen LogP contribution in [0.2, 0.25) is 0 Å². The molecular weight excluding hydrogens is 442 g/mol. The van der Waals surface area contributed by atoms with Crippen molar-refractivity contribution in [2.75, 3.05) is 9.80 Å². The number of benzene rings is 2. The summed E-state index contributed by atoms with van der Waals surface area (Å²) in [7, 11) is 0. The van der Waals surface area contributed by atoms with Crippen LogP contribution in [0.15, 0.2) is 54.1 Å². The summed E-state index contributed by atoms with van der Waals surface area (Å²) in [6.45, 7) is 12.9. The van der Waals surface area contributed by atoms with Gasteiger partial charge in [0.05, 0.1) is 11.2 Å². The number of para-hydroxylation sites is 1. The van der Waals surface area contributed by atoms with Gasteiger partial charge in [0.15, 0.2) is 5.11 Å². The number of allylic oxidation sites excluding steroid dienone is 1. The lowest BCUT2D eigenvalue weighted by atomic mass is 9.86. The molecule has 34 heavy (non-hydrogen) atoms. The van der Waals surface area contributed by atoms with Crippen LogP contribution in [-0.4, -0.2) is 28.5 Å². The van der Waals surface area contributed by atoms with E-state index < -0.39 is 11.8 Å². The molecule has 0 atom stereocenters. The zero-order chi connectivity index (χ0) is 24.8. The maximum atomic E-state index is 13.5. The van der Waals surface area contributed by atoms with Crippen molar-refractivity contribution in [1.82, 2.24) is 5.32 Å². The lowest BCUT2D eigenvalue weighted by Crippen LogP contribution is -2.54. The van der Waals surface area contributed by atoms with Crippen LogP contribution < -0.4 is 15.1 Å². The predicted molar refractivity (Wildman–Crippen MR) is 144 cm³/mol. The van der Waals surface area contributed by atoms with Crippen LogP contribution in [0, 0.1) is 0 Å². The van der Waals surface area contributed by atoms with Gasteiger partial charge in [-0.3, -0.25) is 19.8 Å². The summed E-state index contributed by atoms with van der Waals surface area (Å²) in [5.74, 6) is -0.889. The van der Waals surface area contributed by atoms with Gasteiger partial charge in [-0.25, -0.2) is 0 Å². The minimum absolute atomic E-state index is 0.0675. The van der Waals surface area contributed by atoms with E-state index in [2.05, 4.69) is 63.0 Å². The topological polar surface area (TPSA) is 52.7 Å². The smallest absolute Gasteiger partial charge is 0.270 e. The van der Waals surface area contributed by atoms with Crippen molar-refractivity contribution in [1.29, 1.82) is 0 Å². The van der Waals surface area contributed by atoms with Crippen LogP contribution >= 0.6 is 12.2 Å². The molecule has 0 unspecified atom stereocenters. The largest absolute Gasteiger partial charge is 0.360 e. The summed E-state index contributed by atoms with van der Waals surface area (Å²) in [6.07, 6.45) is 4.68. The first kappa shape index (κ1) is 23.9. The van der Waals surface area contributed by atoms with Gasteiger partial charge >= 0.3 is 0 Å². The molecule has 0 radical (unpaired) electrons. The second-order valence-corrected chi connectivity index (χ2v) is 10.0. The fraction of sp³-hybridized carbons (Fsp3) is 0.321. The summed E-state index contributed by atoms with van der Waals surface area (Å²) in [5, 5.41) is 2.80. The van der Waals surface area contributed by atoms with Crippen molar-refractivity contribution < 1.29 is 9.59 Å². The standard InChI is InChI=1S/C28H31N3O2S/c1-7-20-10-8-9-11-23(20)30-26(33)22(25(32)29-27(30)34)15-19-12-13-24-21(14-19)18(4)16-28(5,6)31(24)17(2)3/h8-17H,7H2,1-6H3,(H,29,32,34)/b22-15+. The van der Waals surface area contributed by atoms with E-state index in [0.29, 0.717) is 11.7 Å². The Kier molecular flexibility index (Phi) is 6.21. The van der Waals surface area contributed by atoms with E-state index in [9.17, 15) is 9.59 Å². The first-order valence-corrected chi connectivity index (χ1v) is 12.1. The van der Waals surface area contributed by atoms with Crippen LogP contribution in [0.5, 0.6) is 0 Å². The van der Waals surface area contributed by atoms with Gasteiger partial charge < -0.3 is 4.90 Å². The second kappa shape index (κ2) is 8.84. The van der Waals surface area contributed by atoms with Crippen LogP contribution in [0.4, 0.5) is 11.4 Å². The summed E-state index contributed by atoms with van der Waals surface area (Å²) in [6, 6.07) is 14.0. The van der Waals surface area contributed by atoms with Gasteiger partial charge in [-0.15, -0.1) is 0 Å². The summed E-state index contributed by atoms with van der Waals surface area (Å²) < 4.78 is 0. The van der Waals surface area contributed by atoms with Gasteiger partial charge in [0.25, 0.3) is 11.8 Å². The highest BCUT2D eigenvalue weighted by Gasteiger charge is 2.36. The average molecular weight is 474 g/mol. The highest BCUT2D eigenvalue weighted by atomic mass is 32.1. The molecule has 0 saturated carbocycles. The summed E-state index contributed by atoms with van der Waals surface area (Å²) in [4.78, 5) is 30.1. The van der Waals surface area contributed by atoms with E-state index in [4.69, 9.17) is 12.2 Å². The maximum absolute atomic E-state index is 13.5. The van der Waals surface area contributed by atoms with Crippen LogP contribution in [0.1, 0.15) is 58.2 Å². The molecule has 0 aliphatic carbocycles. The Morgan fingerprint density at radius 1 is 1.09 bits per heavy atom. The van der Waals surface area contributed by atoms with Gasteiger partial charge in [0.1, 0.15) is 5.57 Å². The number of rotatable bonds is 4. The van der Waals surface area contributed by atoms with Crippen molar-refractivity contribution in [3.63, 3.8) is 0 Å². The molecule has 0 bridgehead atoms. The molecule has 1 N–H and O–H groups in total. The lowest BCUT2D eigenvalue weighted by molar-refractivity contribution is -0.122. The SMILES string of the molecule is CCc1ccccc1N1C(=O)/C(=C/c2ccc3c(c2)C(C)=CC(C)(C)N3C(C)C)C(=O)NC1=S. The molecule has 2 amide bonds. The number of aryl methyl sites for hydroxylation is 1. The Morgan fingerprint density at radius 2 is 1.79 bits per heavy atom. The fourth-order valence-corrected chi connectivity index (χ4v) is 5.45. The third-order valence-electron chi connectivity index (χ3n) is 6.44. The Morgan fingerprint density at radius 3 is 2.47 bits per heavy atom. The molecule has 176 valence electrons. The molecular formula is C28H31N3O2S. The van der Waals surface area contributed by atoms with E-state index in [-0.39, 0.29) is 16.2 Å². The molecule has 5 nitrogen and oxygen atoms in total. The Balaban J connectivity index is 1.77. The molecule has 2 heterocycles. The Labute approximate surface area is 207 Å². The number of hydrogen-bond donors (Lipinski definition) is 1. The number of amides is 2. The number of nitrogens with one attached hydrogen (secondary N) is 1. The maximum Gasteiger partial charge on any atom is 0.270 e. The Bertz CT molecular complexity index is 1260.